The molecule has 8 nitrogen and oxygen atoms in total. The van der Waals surface area contributed by atoms with Crippen molar-refractivity contribution in [2.75, 3.05) is 27.3 Å². The predicted molar refractivity (Wildman–Crippen MR) is 67.0 cm³/mol. The number of carbonyl (C=O) groups excluding carboxylic acids is 3. The molecule has 0 N–H and O–H groups in total. The molecule has 1 heterocycles. The zero-order valence-corrected chi connectivity index (χ0v) is 11.6. The summed E-state index contributed by atoms with van der Waals surface area (Å²) in [7, 11) is 2.34. The van der Waals surface area contributed by atoms with Crippen LogP contribution in [0.5, 0.6) is 0 Å². The quantitative estimate of drug-likeness (QED) is 0.701. The Morgan fingerprint density at radius 3 is 2.05 bits per heavy atom. The zero-order valence-electron chi connectivity index (χ0n) is 10.8. The Kier molecular flexibility index (Phi) is 5.85. The van der Waals surface area contributed by atoms with Crippen LogP contribution >= 0.6 is 11.6 Å². The second kappa shape index (κ2) is 7.39. The molecule has 0 fully saturated rings. The van der Waals surface area contributed by atoms with Gasteiger partial charge < -0.3 is 14.4 Å². The van der Waals surface area contributed by atoms with Crippen LogP contribution in [0.2, 0.25) is 5.15 Å². The summed E-state index contributed by atoms with van der Waals surface area (Å²) in [5.74, 6) is -2.02. The average molecular weight is 302 g/mol. The molecule has 1 rings (SSSR count). The largest absolute Gasteiger partial charge is 0.468 e. The van der Waals surface area contributed by atoms with Crippen LogP contribution in [-0.4, -0.2) is 60.0 Å². The van der Waals surface area contributed by atoms with Gasteiger partial charge in [-0.1, -0.05) is 11.6 Å². The van der Waals surface area contributed by atoms with Crippen molar-refractivity contribution in [1.82, 2.24) is 14.9 Å². The molecule has 0 aromatic carbocycles. The van der Waals surface area contributed by atoms with Crippen LogP contribution in [0, 0.1) is 0 Å². The van der Waals surface area contributed by atoms with Gasteiger partial charge in [0.1, 0.15) is 23.9 Å². The molecule has 0 radical (unpaired) electrons. The normalized spacial score (nSPS) is 9.75. The lowest BCUT2D eigenvalue weighted by Gasteiger charge is -2.19. The third-order valence-corrected chi connectivity index (χ3v) is 2.42. The minimum Gasteiger partial charge on any atom is -0.468 e. The Hall–Kier alpha value is -2.22. The van der Waals surface area contributed by atoms with E-state index >= 15 is 0 Å². The van der Waals surface area contributed by atoms with E-state index in [1.165, 1.54) is 20.4 Å². The molecule has 0 aliphatic heterocycles. The van der Waals surface area contributed by atoms with Crippen molar-refractivity contribution in [1.29, 1.82) is 0 Å². The molecule has 1 amide bonds. The van der Waals surface area contributed by atoms with Gasteiger partial charge in [-0.3, -0.25) is 14.4 Å². The van der Waals surface area contributed by atoms with E-state index < -0.39 is 30.9 Å². The summed E-state index contributed by atoms with van der Waals surface area (Å²) in [6, 6.07) is 0. The highest BCUT2D eigenvalue weighted by atomic mass is 35.5. The van der Waals surface area contributed by atoms with E-state index in [1.54, 1.807) is 0 Å². The Morgan fingerprint density at radius 1 is 1.10 bits per heavy atom. The van der Waals surface area contributed by atoms with Gasteiger partial charge in [-0.2, -0.15) is 0 Å². The van der Waals surface area contributed by atoms with Crippen molar-refractivity contribution in [2.24, 2.45) is 0 Å². The second-order valence-corrected chi connectivity index (χ2v) is 3.93. The molecule has 108 valence electrons. The smallest absolute Gasteiger partial charge is 0.325 e. The number of ether oxygens (including phenoxy) is 2. The maximum atomic E-state index is 12.1. The summed E-state index contributed by atoms with van der Waals surface area (Å²) in [5.41, 5.74) is -0.0535. The lowest BCUT2D eigenvalue weighted by atomic mass is 10.3. The zero-order chi connectivity index (χ0) is 15.1. The fraction of sp³-hybridized carbons (Fsp3) is 0.364. The van der Waals surface area contributed by atoms with Crippen LogP contribution in [0.25, 0.3) is 0 Å². The molecule has 0 bridgehead atoms. The van der Waals surface area contributed by atoms with E-state index in [0.29, 0.717) is 0 Å². The van der Waals surface area contributed by atoms with E-state index in [1.807, 2.05) is 0 Å². The van der Waals surface area contributed by atoms with E-state index in [-0.39, 0.29) is 10.8 Å². The van der Waals surface area contributed by atoms with Gasteiger partial charge in [0.2, 0.25) is 0 Å². The van der Waals surface area contributed by atoms with Crippen molar-refractivity contribution in [3.8, 4) is 0 Å². The number of hydrogen-bond donors (Lipinski definition) is 0. The monoisotopic (exact) mass is 301 g/mol. The van der Waals surface area contributed by atoms with E-state index in [9.17, 15) is 14.4 Å². The van der Waals surface area contributed by atoms with Crippen molar-refractivity contribution < 1.29 is 23.9 Å². The van der Waals surface area contributed by atoms with Crippen LogP contribution in [-0.2, 0) is 19.1 Å². The number of amides is 1. The summed E-state index contributed by atoms with van der Waals surface area (Å²) >= 11 is 5.56. The highest BCUT2D eigenvalue weighted by Crippen LogP contribution is 2.05. The molecular formula is C11H12ClN3O5. The fourth-order valence-electron chi connectivity index (χ4n) is 1.23. The van der Waals surface area contributed by atoms with Crippen molar-refractivity contribution in [2.45, 2.75) is 0 Å². The third-order valence-electron chi connectivity index (χ3n) is 2.22. The van der Waals surface area contributed by atoms with Gasteiger partial charge >= 0.3 is 11.9 Å². The number of halogens is 1. The molecule has 20 heavy (non-hydrogen) atoms. The van der Waals surface area contributed by atoms with Gasteiger partial charge in [0, 0.05) is 0 Å². The second-order valence-electron chi connectivity index (χ2n) is 3.54. The Bertz CT molecular complexity index is 487. The third kappa shape index (κ3) is 4.47. The summed E-state index contributed by atoms with van der Waals surface area (Å²) in [4.78, 5) is 43.1. The molecular weight excluding hydrogens is 290 g/mol. The highest BCUT2D eigenvalue weighted by molar-refractivity contribution is 6.29. The first-order valence-electron chi connectivity index (χ1n) is 5.38. The molecule has 1 aromatic rings. The Labute approximate surface area is 119 Å². The lowest BCUT2D eigenvalue weighted by molar-refractivity contribution is -0.144. The molecule has 0 saturated heterocycles. The number of rotatable bonds is 5. The number of carbonyl (C=O) groups is 3. The van der Waals surface area contributed by atoms with E-state index in [4.69, 9.17) is 11.6 Å². The molecule has 9 heteroatoms. The van der Waals surface area contributed by atoms with Crippen LogP contribution in [0.1, 0.15) is 10.5 Å². The number of esters is 2. The lowest BCUT2D eigenvalue weighted by Crippen LogP contribution is -2.40. The summed E-state index contributed by atoms with van der Waals surface area (Å²) in [6.07, 6.45) is 2.33. The Morgan fingerprint density at radius 2 is 1.65 bits per heavy atom. The highest BCUT2D eigenvalue weighted by Gasteiger charge is 2.23. The van der Waals surface area contributed by atoms with Gasteiger partial charge in [0.15, 0.2) is 0 Å². The van der Waals surface area contributed by atoms with Crippen molar-refractivity contribution in [3.63, 3.8) is 0 Å². The average Bonchev–Trinajstić information content (AvgIpc) is 2.46. The summed E-state index contributed by atoms with van der Waals surface area (Å²) in [6.45, 7) is -0.816. The van der Waals surface area contributed by atoms with Crippen LogP contribution in [0.15, 0.2) is 12.4 Å². The fourth-order valence-corrected chi connectivity index (χ4v) is 1.32. The van der Waals surface area contributed by atoms with Crippen LogP contribution < -0.4 is 0 Å². The maximum absolute atomic E-state index is 12.1. The molecule has 0 aliphatic carbocycles. The molecule has 0 unspecified atom stereocenters. The number of nitrogens with zero attached hydrogens (tertiary/aromatic N) is 3. The van der Waals surface area contributed by atoms with Gasteiger partial charge in [-0.25, -0.2) is 9.97 Å². The first-order chi connectivity index (χ1) is 9.47. The number of methoxy groups -OCH3 is 2. The summed E-state index contributed by atoms with van der Waals surface area (Å²) in [5, 5.41) is 0.119. The Balaban J connectivity index is 2.90. The van der Waals surface area contributed by atoms with Crippen LogP contribution in [0.4, 0.5) is 0 Å². The topological polar surface area (TPSA) is 98.7 Å². The van der Waals surface area contributed by atoms with Crippen molar-refractivity contribution in [3.05, 3.63) is 23.2 Å². The van der Waals surface area contributed by atoms with Gasteiger partial charge in [-0.05, 0) is 0 Å². The van der Waals surface area contributed by atoms with E-state index in [2.05, 4.69) is 19.4 Å². The maximum Gasteiger partial charge on any atom is 0.325 e. The minimum absolute atomic E-state index is 0.0535. The molecule has 0 aliphatic rings. The standard InChI is InChI=1S/C11H12ClN3O5/c1-19-9(16)5-15(6-10(17)20-2)11(18)7-3-14-8(12)4-13-7/h3-4H,5-6H2,1-2H3. The van der Waals surface area contributed by atoms with Gasteiger partial charge in [0.25, 0.3) is 5.91 Å². The number of hydrogen-bond acceptors (Lipinski definition) is 7. The first-order valence-corrected chi connectivity index (χ1v) is 5.76. The van der Waals surface area contributed by atoms with Gasteiger partial charge in [-0.15, -0.1) is 0 Å². The predicted octanol–water partition coefficient (Wildman–Crippen LogP) is -0.0818. The number of aromatic nitrogens is 2. The molecule has 0 spiro atoms. The first kappa shape index (κ1) is 15.8. The van der Waals surface area contributed by atoms with E-state index in [0.717, 1.165) is 11.1 Å². The SMILES string of the molecule is COC(=O)CN(CC(=O)OC)C(=O)c1cnc(Cl)cn1. The van der Waals surface area contributed by atoms with Crippen molar-refractivity contribution >= 4 is 29.4 Å². The molecule has 1 aromatic heterocycles. The van der Waals surface area contributed by atoms with Gasteiger partial charge in [0.05, 0.1) is 26.6 Å². The molecule has 0 saturated carbocycles. The summed E-state index contributed by atoms with van der Waals surface area (Å²) < 4.78 is 8.92. The molecule has 0 atom stereocenters. The van der Waals surface area contributed by atoms with Crippen LogP contribution in [0.3, 0.4) is 0 Å². The minimum atomic E-state index is -0.677.